The summed E-state index contributed by atoms with van der Waals surface area (Å²) in [6.07, 6.45) is 10.9. The minimum Gasteiger partial charge on any atom is -0.495 e. The average Bonchev–Trinajstić information content (AvgIpc) is 3.69. The summed E-state index contributed by atoms with van der Waals surface area (Å²) >= 11 is 0. The van der Waals surface area contributed by atoms with Gasteiger partial charge in [0.1, 0.15) is 10.6 Å². The first-order valence-corrected chi connectivity index (χ1v) is 19.6. The Labute approximate surface area is 285 Å². The van der Waals surface area contributed by atoms with Crippen LogP contribution in [-0.2, 0) is 10.0 Å². The highest BCUT2D eigenvalue weighted by atomic mass is 32.2. The molecule has 1 aromatic carbocycles. The second kappa shape index (κ2) is 13.6. The third-order valence-electron chi connectivity index (χ3n) is 13.7. The monoisotopic (exact) mass is 685 g/mol. The van der Waals surface area contributed by atoms with E-state index in [0.717, 1.165) is 44.9 Å². The molecule has 4 N–H and O–H groups in total. The number of carbonyl (C=O) groups excluding carboxylic acids is 1. The molecule has 4 fully saturated rings. The Hall–Kier alpha value is -2.63. The number of hydrogen-bond donors (Lipinski definition) is 4. The van der Waals surface area contributed by atoms with Crippen LogP contribution in [0.5, 0.6) is 5.75 Å². The fraction of sp³-hybridized carbons (Fsp3) is 0.730. The van der Waals surface area contributed by atoms with Crippen molar-refractivity contribution in [3.63, 3.8) is 0 Å². The van der Waals surface area contributed by atoms with E-state index in [0.29, 0.717) is 53.4 Å². The Kier molecular flexibility index (Phi) is 9.97. The summed E-state index contributed by atoms with van der Waals surface area (Å²) in [5.41, 5.74) is 0.936. The van der Waals surface area contributed by atoms with E-state index in [2.05, 4.69) is 42.9 Å². The molecule has 1 unspecified atom stereocenters. The molecule has 4 aliphatic rings. The van der Waals surface area contributed by atoms with Gasteiger partial charge in [0.15, 0.2) is 5.76 Å². The first-order valence-electron chi connectivity index (χ1n) is 18.1. The van der Waals surface area contributed by atoms with Gasteiger partial charge >= 0.3 is 6.03 Å². The summed E-state index contributed by atoms with van der Waals surface area (Å²) in [6.45, 7) is 9.82. The number of aliphatic hydroxyl groups is 2. The molecule has 266 valence electrons. The molecule has 11 atom stereocenters. The third-order valence-corrected chi connectivity index (χ3v) is 15.1. The van der Waals surface area contributed by atoms with E-state index in [1.54, 1.807) is 12.1 Å². The molecular weight excluding hydrogens is 630 g/mol. The van der Waals surface area contributed by atoms with Crippen molar-refractivity contribution in [3.05, 3.63) is 30.5 Å². The van der Waals surface area contributed by atoms with Gasteiger partial charge < -0.3 is 24.8 Å². The maximum atomic E-state index is 13.1. The summed E-state index contributed by atoms with van der Waals surface area (Å²) in [6, 6.07) is 5.39. The molecule has 1 aromatic heterocycles. The summed E-state index contributed by atoms with van der Waals surface area (Å²) in [7, 11) is -2.82. The Morgan fingerprint density at radius 1 is 1.06 bits per heavy atom. The van der Waals surface area contributed by atoms with E-state index >= 15 is 0 Å². The third kappa shape index (κ3) is 6.28. The van der Waals surface area contributed by atoms with E-state index in [9.17, 15) is 23.4 Å². The number of aromatic nitrogens is 1. The molecule has 1 heterocycles. The summed E-state index contributed by atoms with van der Waals surface area (Å²) in [5.74, 6) is 3.67. The van der Waals surface area contributed by atoms with E-state index < -0.39 is 16.1 Å². The minimum absolute atomic E-state index is 0.0913. The van der Waals surface area contributed by atoms with Crippen LogP contribution in [0.25, 0.3) is 11.3 Å². The maximum absolute atomic E-state index is 13.1. The quantitative estimate of drug-likeness (QED) is 0.237. The Morgan fingerprint density at radius 2 is 1.81 bits per heavy atom. The predicted molar refractivity (Wildman–Crippen MR) is 182 cm³/mol. The van der Waals surface area contributed by atoms with Crippen molar-refractivity contribution in [1.82, 2.24) is 15.2 Å². The van der Waals surface area contributed by atoms with Gasteiger partial charge in [-0.2, -0.15) is 0 Å². The molecule has 6 rings (SSSR count). The number of nitrogens with zero attached hydrogens (tertiary/aromatic N) is 1. The largest absolute Gasteiger partial charge is 0.495 e. The van der Waals surface area contributed by atoms with Crippen LogP contribution >= 0.6 is 0 Å². The van der Waals surface area contributed by atoms with Crippen LogP contribution in [0.3, 0.4) is 0 Å². The summed E-state index contributed by atoms with van der Waals surface area (Å²) in [4.78, 5) is 12.7. The van der Waals surface area contributed by atoms with E-state index in [1.807, 2.05) is 0 Å². The van der Waals surface area contributed by atoms with Crippen molar-refractivity contribution < 1.29 is 32.7 Å². The van der Waals surface area contributed by atoms with Gasteiger partial charge in [-0.3, -0.25) is 0 Å². The number of hydrogen-bond acceptors (Lipinski definition) is 8. The number of ether oxygens (including phenoxy) is 1. The summed E-state index contributed by atoms with van der Waals surface area (Å²) in [5, 5.41) is 28.7. The lowest BCUT2D eigenvalue weighted by Gasteiger charge is -2.57. The SMILES string of the molecule is CC[C@H]1C(O)C[C@H]2[C@H](CC[C@]3(C)[C@@H]([C@H](C)CCNC(=O)NS(=O)(=O)c4ccc(-c5ccno5)cc4OC)CC[C@@H]23)[C@@]2(C)CC[C@@H](O)C[C@@H]12. The Morgan fingerprint density at radius 3 is 2.52 bits per heavy atom. The number of benzene rings is 1. The van der Waals surface area contributed by atoms with Crippen LogP contribution < -0.4 is 14.8 Å². The number of carbonyl (C=O) groups is 1. The van der Waals surface area contributed by atoms with Gasteiger partial charge in [0.05, 0.1) is 25.5 Å². The molecule has 10 nitrogen and oxygen atoms in total. The zero-order chi connectivity index (χ0) is 34.4. The lowest BCUT2D eigenvalue weighted by molar-refractivity contribution is -0.0964. The van der Waals surface area contributed by atoms with Crippen molar-refractivity contribution in [2.24, 2.45) is 52.3 Å². The van der Waals surface area contributed by atoms with Gasteiger partial charge in [0.25, 0.3) is 10.0 Å². The first kappa shape index (κ1) is 35.2. The Bertz CT molecular complexity index is 1550. The predicted octanol–water partition coefficient (Wildman–Crippen LogP) is 6.38. The highest BCUT2D eigenvalue weighted by Crippen LogP contribution is 2.68. The lowest BCUT2D eigenvalue weighted by Crippen LogP contribution is -2.51. The molecule has 11 heteroatoms. The highest BCUT2D eigenvalue weighted by molar-refractivity contribution is 7.90. The molecule has 2 aromatic rings. The van der Waals surface area contributed by atoms with Crippen LogP contribution in [0.15, 0.2) is 39.9 Å². The molecule has 0 radical (unpaired) electrons. The van der Waals surface area contributed by atoms with Gasteiger partial charge in [0.2, 0.25) is 0 Å². The van der Waals surface area contributed by atoms with Gasteiger partial charge in [-0.1, -0.05) is 39.3 Å². The fourth-order valence-electron chi connectivity index (χ4n) is 11.4. The second-order valence-electron chi connectivity index (χ2n) is 15.9. The van der Waals surface area contributed by atoms with Gasteiger partial charge in [-0.05, 0) is 128 Å². The van der Waals surface area contributed by atoms with Crippen molar-refractivity contribution in [2.45, 2.75) is 109 Å². The highest BCUT2D eigenvalue weighted by Gasteiger charge is 2.61. The zero-order valence-corrected chi connectivity index (χ0v) is 30.0. The van der Waals surface area contributed by atoms with Crippen LogP contribution in [0.2, 0.25) is 0 Å². The molecule has 0 bridgehead atoms. The summed E-state index contributed by atoms with van der Waals surface area (Å²) < 4.78 is 38.9. The fourth-order valence-corrected chi connectivity index (χ4v) is 12.5. The molecule has 0 aliphatic heterocycles. The molecule has 48 heavy (non-hydrogen) atoms. The van der Waals surface area contributed by atoms with E-state index in [-0.39, 0.29) is 39.6 Å². The van der Waals surface area contributed by atoms with Gasteiger partial charge in [-0.25, -0.2) is 17.9 Å². The first-order chi connectivity index (χ1) is 22.8. The molecule has 0 spiro atoms. The molecule has 4 aliphatic carbocycles. The Balaban J connectivity index is 1.08. The number of urea groups is 1. The number of amides is 2. The topological polar surface area (TPSA) is 151 Å². The van der Waals surface area contributed by atoms with E-state index in [1.165, 1.54) is 44.7 Å². The van der Waals surface area contributed by atoms with Crippen LogP contribution in [0.1, 0.15) is 91.9 Å². The molecular formula is C37H55N3O7S. The van der Waals surface area contributed by atoms with Gasteiger partial charge in [-0.15, -0.1) is 0 Å². The lowest BCUT2D eigenvalue weighted by atomic mass is 9.48. The van der Waals surface area contributed by atoms with Crippen LogP contribution in [-0.4, -0.2) is 55.7 Å². The maximum Gasteiger partial charge on any atom is 0.328 e. The van der Waals surface area contributed by atoms with Crippen LogP contribution in [0.4, 0.5) is 4.79 Å². The van der Waals surface area contributed by atoms with Crippen molar-refractivity contribution in [2.75, 3.05) is 13.7 Å². The molecule has 2 amide bonds. The number of fused-ring (bicyclic) bond motifs is 5. The smallest absolute Gasteiger partial charge is 0.328 e. The number of methoxy groups -OCH3 is 1. The zero-order valence-electron chi connectivity index (χ0n) is 29.2. The van der Waals surface area contributed by atoms with Crippen molar-refractivity contribution in [3.8, 4) is 17.1 Å². The van der Waals surface area contributed by atoms with Crippen molar-refractivity contribution in [1.29, 1.82) is 0 Å². The number of sulfonamides is 1. The molecule has 4 saturated carbocycles. The van der Waals surface area contributed by atoms with Gasteiger partial charge in [0, 0.05) is 18.2 Å². The second-order valence-corrected chi connectivity index (χ2v) is 17.5. The number of rotatable bonds is 9. The minimum atomic E-state index is -4.19. The number of aliphatic hydroxyl groups excluding tert-OH is 2. The van der Waals surface area contributed by atoms with Crippen LogP contribution in [0, 0.1) is 52.3 Å². The molecule has 0 saturated heterocycles. The van der Waals surface area contributed by atoms with E-state index in [4.69, 9.17) is 9.26 Å². The number of nitrogens with one attached hydrogen (secondary N) is 2. The van der Waals surface area contributed by atoms with Crippen molar-refractivity contribution >= 4 is 16.1 Å². The normalized spacial score (nSPS) is 37.0. The standard InChI is InChI=1S/C37H55N3O7S/c1-6-25-30-20-24(41)11-15-37(30,4)29-12-16-36(3)27(8-9-28(36)26(29)21-31(25)42)22(2)13-17-38-35(43)40-48(44,45)34-10-7-23(19-33(34)46-5)32-14-18-39-47-32/h7,10,14,18-19,22,24-31,41-42H,6,8-9,11-13,15-17,20-21H2,1-5H3,(H2,38,40,43)/t22-,24-,25-,26-,27-,28+,29+,30+,31?,36-,37-/m1/s1. The average molecular weight is 686 g/mol.